The monoisotopic (exact) mass is 638 g/mol. The minimum Gasteiger partial charge on any atom is -0.399 e. The zero-order valence-corrected chi connectivity index (χ0v) is 21.8. The molecule has 2 nitrogen and oxygen atoms in total. The molecule has 162 valence electrons. The van der Waals surface area contributed by atoms with E-state index < -0.39 is 0 Å². The molecule has 0 saturated carbocycles. The topological polar surface area (TPSA) is 38.0 Å². The van der Waals surface area contributed by atoms with E-state index in [4.69, 9.17) is 5.73 Å². The molecular weight excluding hydrogens is 601 g/mol. The fraction of sp³-hybridized carbons (Fsp3) is 0.250. The molecule has 3 aromatic rings. The van der Waals surface area contributed by atoms with Crippen LogP contribution >= 0.6 is 46.6 Å². The van der Waals surface area contributed by atoms with Crippen molar-refractivity contribution in [3.63, 3.8) is 0 Å². The number of nitrogens with two attached hydrogens (primary N) is 1. The quantitative estimate of drug-likeness (QED) is 0.159. The lowest BCUT2D eigenvalue weighted by Crippen LogP contribution is -1.82. The van der Waals surface area contributed by atoms with Crippen molar-refractivity contribution in [2.75, 3.05) is 10.8 Å². The number of anilines is 2. The summed E-state index contributed by atoms with van der Waals surface area (Å²) in [5.41, 5.74) is 12.6. The molecule has 0 aliphatic carbocycles. The van der Waals surface area contributed by atoms with Gasteiger partial charge in [0, 0.05) is 48.6 Å². The summed E-state index contributed by atoms with van der Waals surface area (Å²) in [6.07, 6.45) is 0. The lowest BCUT2D eigenvalue weighted by Gasteiger charge is -1.98. The molecule has 1 atom stereocenters. The fourth-order valence-electron chi connectivity index (χ4n) is 2.21. The van der Waals surface area contributed by atoms with E-state index in [-0.39, 0.29) is 14.9 Å². The highest BCUT2D eigenvalue weighted by Crippen LogP contribution is 2.10. The standard InChI is InChI=1S/C8H10.C7H10NP.C7H9N.2CH4.I2/c1-7-4-3-5-8(2)6-7;1-6-3-2-4-7(5-6)8-9;1-6-3-2-4-7(8)5-6;;;1-2/h3-6H,1-2H3;2-5,8H,9H2,1H3;2-5H,8H2,1H3;2*1H4;. The number of aryl methyl sites for hydroxylation is 4. The van der Waals surface area contributed by atoms with Crippen molar-refractivity contribution in [3.8, 4) is 0 Å². The number of halogens is 2. The first-order chi connectivity index (χ1) is 12.9. The molecule has 3 rings (SSSR count). The molecule has 0 radical (unpaired) electrons. The van der Waals surface area contributed by atoms with Crippen LogP contribution in [0, 0.1) is 27.7 Å². The number of benzene rings is 3. The maximum Gasteiger partial charge on any atom is 0.0371 e. The van der Waals surface area contributed by atoms with Crippen LogP contribution < -0.4 is 10.8 Å². The van der Waals surface area contributed by atoms with Gasteiger partial charge in [-0.15, -0.1) is 0 Å². The van der Waals surface area contributed by atoms with Crippen molar-refractivity contribution < 1.29 is 0 Å². The SMILES string of the molecule is C.C.Cc1cccc(C)c1.Cc1cccc(N)c1.Cc1cccc(NP)c1.II. The van der Waals surface area contributed by atoms with E-state index in [0.717, 1.165) is 11.4 Å². The van der Waals surface area contributed by atoms with E-state index >= 15 is 0 Å². The Hall–Kier alpha value is -0.850. The van der Waals surface area contributed by atoms with Gasteiger partial charge in [0.2, 0.25) is 0 Å². The molecule has 3 N–H and O–H groups in total. The normalized spacial score (nSPS) is 8.10. The second-order valence-corrected chi connectivity index (χ2v) is 6.37. The molecule has 0 aromatic heterocycles. The molecule has 0 spiro atoms. The lowest BCUT2D eigenvalue weighted by molar-refractivity contribution is 1.39. The molecule has 0 bridgehead atoms. The van der Waals surface area contributed by atoms with Crippen molar-refractivity contribution in [3.05, 3.63) is 95.1 Å². The summed E-state index contributed by atoms with van der Waals surface area (Å²) >= 11 is 4.24. The zero-order valence-electron chi connectivity index (χ0n) is 16.3. The summed E-state index contributed by atoms with van der Waals surface area (Å²) in [5.74, 6) is 0. The Kier molecular flexibility index (Phi) is 23.1. The van der Waals surface area contributed by atoms with Gasteiger partial charge in [-0.2, -0.15) is 0 Å². The molecule has 1 unspecified atom stereocenters. The van der Waals surface area contributed by atoms with Gasteiger partial charge in [-0.05, 0) is 72.5 Å². The lowest BCUT2D eigenvalue weighted by atomic mass is 10.2. The van der Waals surface area contributed by atoms with Gasteiger partial charge in [-0.3, -0.25) is 0 Å². The maximum atomic E-state index is 5.46. The minimum absolute atomic E-state index is 0. The molecule has 0 aliphatic heterocycles. The van der Waals surface area contributed by atoms with Crippen molar-refractivity contribution >= 4 is 58.0 Å². The highest BCUT2D eigenvalue weighted by molar-refractivity contribution is 15.0. The molecule has 29 heavy (non-hydrogen) atoms. The first-order valence-electron chi connectivity index (χ1n) is 8.43. The second kappa shape index (κ2) is 20.4. The summed E-state index contributed by atoms with van der Waals surface area (Å²) in [5, 5.41) is 2.98. The van der Waals surface area contributed by atoms with E-state index in [9.17, 15) is 0 Å². The largest absolute Gasteiger partial charge is 0.399 e. The predicted octanol–water partition coefficient (Wildman–Crippen LogP) is 9.12. The van der Waals surface area contributed by atoms with Gasteiger partial charge >= 0.3 is 0 Å². The summed E-state index contributed by atoms with van der Waals surface area (Å²) in [6, 6.07) is 24.5. The minimum atomic E-state index is 0. The Balaban J connectivity index is -0.000000325. The molecule has 5 heteroatoms. The first kappa shape index (κ1) is 32.8. The third-order valence-electron chi connectivity index (χ3n) is 3.40. The van der Waals surface area contributed by atoms with Crippen LogP contribution in [0.1, 0.15) is 37.1 Å². The number of hydrogen-bond donors (Lipinski definition) is 2. The third kappa shape index (κ3) is 17.7. The highest BCUT2D eigenvalue weighted by Gasteiger charge is 1.85. The van der Waals surface area contributed by atoms with Crippen molar-refractivity contribution in [1.29, 1.82) is 0 Å². The zero-order chi connectivity index (χ0) is 20.7. The number of hydrogen-bond acceptors (Lipinski definition) is 2. The molecule has 0 aliphatic rings. The Morgan fingerprint density at radius 3 is 1.28 bits per heavy atom. The van der Waals surface area contributed by atoms with E-state index in [1.54, 1.807) is 0 Å². The van der Waals surface area contributed by atoms with Crippen molar-refractivity contribution in [1.82, 2.24) is 0 Å². The molecular formula is C24H37I2N2P. The van der Waals surface area contributed by atoms with Crippen LogP contribution in [0.25, 0.3) is 0 Å². The third-order valence-corrected chi connectivity index (χ3v) is 3.73. The second-order valence-electron chi connectivity index (χ2n) is 6.09. The fourth-order valence-corrected chi connectivity index (χ4v) is 2.39. The van der Waals surface area contributed by atoms with Gasteiger partial charge in [0.25, 0.3) is 0 Å². The van der Waals surface area contributed by atoms with Crippen LogP contribution in [-0.4, -0.2) is 0 Å². The average molecular weight is 638 g/mol. The molecule has 0 amide bonds. The molecule has 3 aromatic carbocycles. The number of rotatable bonds is 1. The van der Waals surface area contributed by atoms with E-state index in [1.165, 1.54) is 22.3 Å². The average Bonchev–Trinajstić information content (AvgIpc) is 2.64. The smallest absolute Gasteiger partial charge is 0.0371 e. The molecule has 0 fully saturated rings. The van der Waals surface area contributed by atoms with Crippen LogP contribution in [0.3, 0.4) is 0 Å². The Bertz CT molecular complexity index is 702. The van der Waals surface area contributed by atoms with Gasteiger partial charge in [-0.1, -0.05) is 74.5 Å². The van der Waals surface area contributed by atoms with Gasteiger partial charge < -0.3 is 10.8 Å². The van der Waals surface area contributed by atoms with Crippen molar-refractivity contribution in [2.24, 2.45) is 0 Å². The highest BCUT2D eigenvalue weighted by atomic mass is 128. The van der Waals surface area contributed by atoms with Crippen LogP contribution in [0.4, 0.5) is 11.4 Å². The van der Waals surface area contributed by atoms with Gasteiger partial charge in [0.15, 0.2) is 0 Å². The molecule has 0 saturated heterocycles. The maximum absolute atomic E-state index is 5.46. The van der Waals surface area contributed by atoms with Crippen LogP contribution in [0.2, 0.25) is 0 Å². The van der Waals surface area contributed by atoms with Gasteiger partial charge in [0.05, 0.1) is 0 Å². The van der Waals surface area contributed by atoms with E-state index in [0.29, 0.717) is 0 Å². The van der Waals surface area contributed by atoms with Gasteiger partial charge in [-0.25, -0.2) is 0 Å². The van der Waals surface area contributed by atoms with Crippen molar-refractivity contribution in [2.45, 2.75) is 42.5 Å². The predicted molar refractivity (Wildman–Crippen MR) is 158 cm³/mol. The first-order valence-corrected chi connectivity index (χ1v) is 15.3. The summed E-state index contributed by atoms with van der Waals surface area (Å²) in [6.45, 7) is 8.31. The van der Waals surface area contributed by atoms with Gasteiger partial charge in [0.1, 0.15) is 0 Å². The number of nitrogens with one attached hydrogen (secondary N) is 1. The Morgan fingerprint density at radius 1 is 0.655 bits per heavy atom. The Morgan fingerprint density at radius 2 is 1.03 bits per heavy atom. The Labute approximate surface area is 205 Å². The van der Waals surface area contributed by atoms with Crippen LogP contribution in [-0.2, 0) is 0 Å². The van der Waals surface area contributed by atoms with Crippen LogP contribution in [0.5, 0.6) is 0 Å². The van der Waals surface area contributed by atoms with E-state index in [1.807, 2.05) is 43.3 Å². The molecule has 0 heterocycles. The summed E-state index contributed by atoms with van der Waals surface area (Å²) in [7, 11) is 2.47. The summed E-state index contributed by atoms with van der Waals surface area (Å²) in [4.78, 5) is 0. The number of nitrogen functional groups attached to an aromatic ring is 1. The van der Waals surface area contributed by atoms with Crippen LogP contribution in [0.15, 0.2) is 72.8 Å². The summed E-state index contributed by atoms with van der Waals surface area (Å²) < 4.78 is 0. The van der Waals surface area contributed by atoms with E-state index in [2.05, 4.69) is 109 Å².